The number of hydrogen-bond donors (Lipinski definition) is 2. The van der Waals surface area contributed by atoms with Crippen molar-refractivity contribution < 1.29 is 24.1 Å². The summed E-state index contributed by atoms with van der Waals surface area (Å²) in [6, 6.07) is 4.84. The molecule has 2 rings (SSSR count). The summed E-state index contributed by atoms with van der Waals surface area (Å²) in [5.74, 6) is 0.642. The Morgan fingerprint density at radius 1 is 1.36 bits per heavy atom. The summed E-state index contributed by atoms with van der Waals surface area (Å²) in [4.78, 5) is 11.9. The van der Waals surface area contributed by atoms with Crippen LogP contribution >= 0.6 is 12.4 Å². The zero-order chi connectivity index (χ0) is 15.5. The maximum Gasteiger partial charge on any atom is 0.338 e. The number of esters is 1. The summed E-state index contributed by atoms with van der Waals surface area (Å²) >= 11 is 0. The fourth-order valence-corrected chi connectivity index (χ4v) is 1.76. The van der Waals surface area contributed by atoms with Crippen LogP contribution in [0.1, 0.15) is 31.1 Å². The van der Waals surface area contributed by atoms with Crippen LogP contribution in [0.5, 0.6) is 11.5 Å². The van der Waals surface area contributed by atoms with Gasteiger partial charge in [0.2, 0.25) is 6.79 Å². The van der Waals surface area contributed by atoms with Crippen LogP contribution in [0.3, 0.4) is 0 Å². The molecule has 0 radical (unpaired) electrons. The van der Waals surface area contributed by atoms with Gasteiger partial charge >= 0.3 is 5.97 Å². The largest absolute Gasteiger partial charge is 0.459 e. The first kappa shape index (κ1) is 18.5. The Labute approximate surface area is 136 Å². The number of aliphatic hydroxyl groups is 1. The maximum atomic E-state index is 11.9. The van der Waals surface area contributed by atoms with Crippen molar-refractivity contribution >= 4 is 18.4 Å². The van der Waals surface area contributed by atoms with Crippen molar-refractivity contribution in [3.8, 4) is 11.5 Å². The third-order valence-corrected chi connectivity index (χ3v) is 2.88. The van der Waals surface area contributed by atoms with Crippen LogP contribution in [0.4, 0.5) is 0 Å². The summed E-state index contributed by atoms with van der Waals surface area (Å²) in [6.07, 6.45) is -0.748. The number of ether oxygens (including phenoxy) is 3. The summed E-state index contributed by atoms with van der Waals surface area (Å²) in [7, 11) is 0. The molecule has 1 aliphatic heterocycles. The van der Waals surface area contributed by atoms with E-state index in [1.54, 1.807) is 18.2 Å². The normalized spacial score (nSPS) is 14.2. The molecule has 1 heterocycles. The summed E-state index contributed by atoms with van der Waals surface area (Å²) in [6.45, 7) is 6.45. The van der Waals surface area contributed by atoms with Crippen molar-refractivity contribution in [3.63, 3.8) is 0 Å². The second kappa shape index (κ2) is 7.67. The summed E-state index contributed by atoms with van der Waals surface area (Å²) in [5, 5.41) is 12.9. The van der Waals surface area contributed by atoms with Crippen molar-refractivity contribution in [2.24, 2.45) is 0 Å². The first-order valence-electron chi connectivity index (χ1n) is 6.85. The van der Waals surface area contributed by atoms with Gasteiger partial charge in [0, 0.05) is 12.1 Å². The molecule has 0 bridgehead atoms. The van der Waals surface area contributed by atoms with Crippen LogP contribution in [0, 0.1) is 0 Å². The van der Waals surface area contributed by atoms with E-state index >= 15 is 0 Å². The number of fused-ring (bicyclic) bond motifs is 1. The minimum absolute atomic E-state index is 0. The van der Waals surface area contributed by atoms with E-state index in [4.69, 9.17) is 14.2 Å². The van der Waals surface area contributed by atoms with Crippen LogP contribution in [0.15, 0.2) is 18.2 Å². The predicted octanol–water partition coefficient (Wildman–Crippen LogP) is 1.74. The Morgan fingerprint density at radius 3 is 2.73 bits per heavy atom. The minimum Gasteiger partial charge on any atom is -0.459 e. The predicted molar refractivity (Wildman–Crippen MR) is 83.9 cm³/mol. The van der Waals surface area contributed by atoms with Gasteiger partial charge in [-0.25, -0.2) is 4.79 Å². The van der Waals surface area contributed by atoms with E-state index < -0.39 is 12.1 Å². The Kier molecular flexibility index (Phi) is 6.47. The molecule has 0 aromatic heterocycles. The maximum absolute atomic E-state index is 11.9. The SMILES string of the molecule is CC(C)(C)NCC(O)COC(=O)c1ccc2c(c1)OCO2.Cl. The van der Waals surface area contributed by atoms with Gasteiger partial charge in [0.15, 0.2) is 11.5 Å². The molecule has 22 heavy (non-hydrogen) atoms. The van der Waals surface area contributed by atoms with E-state index in [2.05, 4.69) is 5.32 Å². The highest BCUT2D eigenvalue weighted by Crippen LogP contribution is 2.32. The molecular formula is C15H22ClNO5. The lowest BCUT2D eigenvalue weighted by Gasteiger charge is -2.22. The number of rotatable bonds is 5. The molecule has 0 saturated carbocycles. The number of nitrogens with one attached hydrogen (secondary N) is 1. The van der Waals surface area contributed by atoms with Crippen molar-refractivity contribution in [3.05, 3.63) is 23.8 Å². The minimum atomic E-state index is -0.748. The molecule has 0 amide bonds. The Hall–Kier alpha value is -1.50. The number of carbonyl (C=O) groups is 1. The standard InChI is InChI=1S/C15H21NO5.ClH/c1-15(2,3)16-7-11(17)8-19-14(18)10-4-5-12-13(6-10)21-9-20-12;/h4-6,11,16-17H,7-9H2,1-3H3;1H. The number of β-amino-alcohol motifs (C(OH)–C–C–N with tert-alkyl or cyclic N) is 1. The number of halogens is 1. The molecule has 7 heteroatoms. The third kappa shape index (κ3) is 5.36. The molecule has 124 valence electrons. The summed E-state index contributed by atoms with van der Waals surface area (Å²) in [5.41, 5.74) is 0.276. The highest BCUT2D eigenvalue weighted by molar-refractivity contribution is 5.90. The molecule has 6 nitrogen and oxygen atoms in total. The van der Waals surface area contributed by atoms with Crippen LogP contribution in [0.25, 0.3) is 0 Å². The van der Waals surface area contributed by atoms with Crippen molar-refractivity contribution in [2.75, 3.05) is 19.9 Å². The fourth-order valence-electron chi connectivity index (χ4n) is 1.76. The van der Waals surface area contributed by atoms with Crippen molar-refractivity contribution in [1.29, 1.82) is 0 Å². The van der Waals surface area contributed by atoms with Crippen LogP contribution < -0.4 is 14.8 Å². The number of hydrogen-bond acceptors (Lipinski definition) is 6. The van der Waals surface area contributed by atoms with Gasteiger partial charge in [-0.15, -0.1) is 12.4 Å². The van der Waals surface area contributed by atoms with Crippen LogP contribution in [-0.2, 0) is 4.74 Å². The molecule has 1 unspecified atom stereocenters. The number of benzene rings is 1. The van der Waals surface area contributed by atoms with Crippen LogP contribution in [-0.4, -0.2) is 42.7 Å². The lowest BCUT2D eigenvalue weighted by molar-refractivity contribution is 0.0247. The molecule has 1 aromatic carbocycles. The van der Waals surface area contributed by atoms with E-state index in [1.807, 2.05) is 20.8 Å². The van der Waals surface area contributed by atoms with Crippen LogP contribution in [0.2, 0.25) is 0 Å². The quantitative estimate of drug-likeness (QED) is 0.800. The number of aliphatic hydroxyl groups excluding tert-OH is 1. The molecule has 1 aliphatic rings. The van der Waals surface area contributed by atoms with Gasteiger partial charge in [0.25, 0.3) is 0 Å². The molecule has 0 spiro atoms. The molecule has 2 N–H and O–H groups in total. The van der Waals surface area contributed by atoms with Gasteiger partial charge in [0.1, 0.15) is 12.7 Å². The topological polar surface area (TPSA) is 77.0 Å². The second-order valence-corrected chi connectivity index (χ2v) is 5.95. The molecular weight excluding hydrogens is 310 g/mol. The molecule has 0 saturated heterocycles. The third-order valence-electron chi connectivity index (χ3n) is 2.88. The average molecular weight is 332 g/mol. The van der Waals surface area contributed by atoms with Gasteiger partial charge in [-0.2, -0.15) is 0 Å². The Balaban J connectivity index is 0.00000242. The molecule has 1 aromatic rings. The summed E-state index contributed by atoms with van der Waals surface area (Å²) < 4.78 is 15.5. The van der Waals surface area contributed by atoms with E-state index in [9.17, 15) is 9.90 Å². The average Bonchev–Trinajstić information content (AvgIpc) is 2.89. The highest BCUT2D eigenvalue weighted by atomic mass is 35.5. The molecule has 1 atom stereocenters. The first-order valence-corrected chi connectivity index (χ1v) is 6.85. The van der Waals surface area contributed by atoms with Crippen molar-refractivity contribution in [1.82, 2.24) is 5.32 Å². The second-order valence-electron chi connectivity index (χ2n) is 5.95. The zero-order valence-electron chi connectivity index (χ0n) is 12.9. The lowest BCUT2D eigenvalue weighted by Crippen LogP contribution is -2.42. The lowest BCUT2D eigenvalue weighted by atomic mass is 10.1. The fraction of sp³-hybridized carbons (Fsp3) is 0.533. The van der Waals surface area contributed by atoms with E-state index in [-0.39, 0.29) is 31.3 Å². The highest BCUT2D eigenvalue weighted by Gasteiger charge is 2.18. The van der Waals surface area contributed by atoms with Gasteiger partial charge in [-0.3, -0.25) is 0 Å². The monoisotopic (exact) mass is 331 g/mol. The molecule has 0 fully saturated rings. The van der Waals surface area contributed by atoms with Gasteiger partial charge < -0.3 is 24.6 Å². The van der Waals surface area contributed by atoms with E-state index in [1.165, 1.54) is 0 Å². The van der Waals surface area contributed by atoms with Gasteiger partial charge in [0.05, 0.1) is 5.56 Å². The molecule has 0 aliphatic carbocycles. The zero-order valence-corrected chi connectivity index (χ0v) is 13.7. The van der Waals surface area contributed by atoms with Gasteiger partial charge in [-0.1, -0.05) is 0 Å². The van der Waals surface area contributed by atoms with E-state index in [0.29, 0.717) is 23.6 Å². The number of carbonyl (C=O) groups excluding carboxylic acids is 1. The Morgan fingerprint density at radius 2 is 2.05 bits per heavy atom. The first-order chi connectivity index (χ1) is 9.85. The van der Waals surface area contributed by atoms with Crippen molar-refractivity contribution in [2.45, 2.75) is 32.4 Å². The Bertz CT molecular complexity index is 515. The smallest absolute Gasteiger partial charge is 0.338 e. The van der Waals surface area contributed by atoms with E-state index in [0.717, 1.165) is 0 Å². The van der Waals surface area contributed by atoms with Gasteiger partial charge in [-0.05, 0) is 39.0 Å².